The third-order valence-electron chi connectivity index (χ3n) is 5.54. The van der Waals surface area contributed by atoms with E-state index in [1.807, 2.05) is 4.90 Å². The van der Waals surface area contributed by atoms with Gasteiger partial charge >= 0.3 is 0 Å². The first-order valence-electron chi connectivity index (χ1n) is 9.71. The van der Waals surface area contributed by atoms with Gasteiger partial charge in [0.05, 0.1) is 6.54 Å². The van der Waals surface area contributed by atoms with Crippen LogP contribution in [0.1, 0.15) is 56.7 Å². The Kier molecular flexibility index (Phi) is 4.84. The Morgan fingerprint density at radius 2 is 1.89 bits per heavy atom. The van der Waals surface area contributed by atoms with E-state index in [-0.39, 0.29) is 30.8 Å². The predicted octanol–water partition coefficient (Wildman–Crippen LogP) is 0.519. The molecule has 3 fully saturated rings. The monoisotopic (exact) mass is 375 g/mol. The van der Waals surface area contributed by atoms with Crippen LogP contribution in [0.15, 0.2) is 4.52 Å². The van der Waals surface area contributed by atoms with Crippen molar-refractivity contribution >= 4 is 17.7 Å². The van der Waals surface area contributed by atoms with Crippen molar-refractivity contribution in [2.24, 2.45) is 0 Å². The van der Waals surface area contributed by atoms with Crippen molar-refractivity contribution in [2.75, 3.05) is 26.2 Å². The van der Waals surface area contributed by atoms with Gasteiger partial charge in [0.1, 0.15) is 12.6 Å². The second-order valence-corrected chi connectivity index (χ2v) is 7.62. The first-order valence-corrected chi connectivity index (χ1v) is 9.71. The first-order chi connectivity index (χ1) is 13.0. The Hall–Kier alpha value is -2.45. The molecule has 9 nitrogen and oxygen atoms in total. The average molecular weight is 375 g/mol. The Bertz CT molecular complexity index is 744. The number of likely N-dealkylation sites (tertiary alicyclic amines) is 1. The molecule has 27 heavy (non-hydrogen) atoms. The third-order valence-corrected chi connectivity index (χ3v) is 5.54. The van der Waals surface area contributed by atoms with Crippen molar-refractivity contribution in [3.8, 4) is 0 Å². The molecule has 4 rings (SSSR count). The molecule has 1 aromatic rings. The maximum Gasteiger partial charge on any atom is 0.246 e. The lowest BCUT2D eigenvalue weighted by atomic mass is 10.1. The highest BCUT2D eigenvalue weighted by Crippen LogP contribution is 2.38. The minimum atomic E-state index is -0.559. The minimum Gasteiger partial charge on any atom is -0.343 e. The molecule has 0 aromatic carbocycles. The maximum atomic E-state index is 12.7. The van der Waals surface area contributed by atoms with E-state index in [9.17, 15) is 14.4 Å². The van der Waals surface area contributed by atoms with Gasteiger partial charge in [-0.25, -0.2) is 0 Å². The van der Waals surface area contributed by atoms with Gasteiger partial charge in [0.15, 0.2) is 5.82 Å². The number of hydrogen-bond donors (Lipinski definition) is 0. The van der Waals surface area contributed by atoms with Gasteiger partial charge in [-0.1, -0.05) is 5.16 Å². The summed E-state index contributed by atoms with van der Waals surface area (Å²) in [7, 11) is 0. The lowest BCUT2D eigenvalue weighted by molar-refractivity contribution is -0.156. The predicted molar refractivity (Wildman–Crippen MR) is 93.3 cm³/mol. The molecule has 0 N–H and O–H groups in total. The fourth-order valence-electron chi connectivity index (χ4n) is 3.74. The fourth-order valence-corrected chi connectivity index (χ4v) is 3.74. The van der Waals surface area contributed by atoms with Crippen LogP contribution in [0.5, 0.6) is 0 Å². The molecule has 3 aliphatic rings. The Morgan fingerprint density at radius 3 is 2.59 bits per heavy atom. The molecule has 2 aliphatic heterocycles. The molecule has 0 radical (unpaired) electrons. The molecule has 1 atom stereocenters. The number of nitrogens with zero attached hydrogens (tertiary/aromatic N) is 5. The summed E-state index contributed by atoms with van der Waals surface area (Å²) >= 11 is 0. The molecule has 3 heterocycles. The van der Waals surface area contributed by atoms with Crippen molar-refractivity contribution in [1.82, 2.24) is 24.8 Å². The molecule has 2 saturated heterocycles. The number of hydrogen-bond acceptors (Lipinski definition) is 6. The summed E-state index contributed by atoms with van der Waals surface area (Å²) in [5, 5.41) is 3.96. The summed E-state index contributed by atoms with van der Waals surface area (Å²) in [5.74, 6) is 1.45. The van der Waals surface area contributed by atoms with Crippen LogP contribution in [0.2, 0.25) is 0 Å². The van der Waals surface area contributed by atoms with E-state index in [0.717, 1.165) is 25.8 Å². The first kappa shape index (κ1) is 17.9. The van der Waals surface area contributed by atoms with E-state index in [1.165, 1.54) is 4.90 Å². The van der Waals surface area contributed by atoms with Gasteiger partial charge in [0.2, 0.25) is 23.6 Å². The van der Waals surface area contributed by atoms with Crippen LogP contribution < -0.4 is 0 Å². The molecule has 0 bridgehead atoms. The third kappa shape index (κ3) is 3.81. The van der Waals surface area contributed by atoms with Gasteiger partial charge in [0.25, 0.3) is 0 Å². The molecule has 1 aromatic heterocycles. The normalized spacial score (nSPS) is 23.7. The molecule has 1 aliphatic carbocycles. The maximum absolute atomic E-state index is 12.7. The van der Waals surface area contributed by atoms with Crippen LogP contribution in [0.25, 0.3) is 0 Å². The van der Waals surface area contributed by atoms with Crippen molar-refractivity contribution in [2.45, 2.75) is 57.5 Å². The summed E-state index contributed by atoms with van der Waals surface area (Å²) < 4.78 is 5.24. The number of carbonyl (C=O) groups is 3. The Balaban J connectivity index is 1.31. The molecule has 0 spiro atoms. The standard InChI is InChI=1S/C18H25N5O4/c1-12-18(26)22(9-3-8-21-7-2-4-15(21)24)11-16(25)23(12)10-14-19-17(20-27-14)13-5-6-13/h12-13H,2-11H2,1H3/t12-/m0/s1. The quantitative estimate of drug-likeness (QED) is 0.689. The van der Waals surface area contributed by atoms with Gasteiger partial charge in [-0.2, -0.15) is 4.98 Å². The van der Waals surface area contributed by atoms with E-state index < -0.39 is 6.04 Å². The summed E-state index contributed by atoms with van der Waals surface area (Å²) in [6, 6.07) is -0.559. The van der Waals surface area contributed by atoms with Crippen LogP contribution in [-0.4, -0.2) is 74.8 Å². The lowest BCUT2D eigenvalue weighted by Crippen LogP contribution is -2.58. The Labute approximate surface area is 157 Å². The summed E-state index contributed by atoms with van der Waals surface area (Å²) in [6.45, 7) is 3.87. The largest absolute Gasteiger partial charge is 0.343 e. The number of piperazine rings is 1. The second-order valence-electron chi connectivity index (χ2n) is 7.62. The SMILES string of the molecule is C[C@H]1C(=O)N(CCCN2CCCC2=O)CC(=O)N1Cc1nc(C2CC2)no1. The number of carbonyl (C=O) groups excluding carboxylic acids is 3. The second kappa shape index (κ2) is 7.28. The lowest BCUT2D eigenvalue weighted by Gasteiger charge is -2.38. The number of rotatable bonds is 7. The molecule has 0 unspecified atom stereocenters. The molecule has 146 valence electrons. The zero-order valence-electron chi connectivity index (χ0n) is 15.6. The van der Waals surface area contributed by atoms with Crippen LogP contribution >= 0.6 is 0 Å². The van der Waals surface area contributed by atoms with Crippen molar-refractivity contribution in [3.05, 3.63) is 11.7 Å². The van der Waals surface area contributed by atoms with E-state index in [1.54, 1.807) is 11.8 Å². The zero-order chi connectivity index (χ0) is 19.0. The summed E-state index contributed by atoms with van der Waals surface area (Å²) in [4.78, 5) is 46.2. The minimum absolute atomic E-state index is 0.0563. The molecule has 1 saturated carbocycles. The van der Waals surface area contributed by atoms with Crippen molar-refractivity contribution in [3.63, 3.8) is 0 Å². The van der Waals surface area contributed by atoms with Crippen LogP contribution in [0.3, 0.4) is 0 Å². The summed E-state index contributed by atoms with van der Waals surface area (Å²) in [6.07, 6.45) is 4.37. The molecule has 9 heteroatoms. The highest BCUT2D eigenvalue weighted by Gasteiger charge is 2.37. The smallest absolute Gasteiger partial charge is 0.246 e. The highest BCUT2D eigenvalue weighted by atomic mass is 16.5. The van der Waals surface area contributed by atoms with Crippen LogP contribution in [0, 0.1) is 0 Å². The van der Waals surface area contributed by atoms with Gasteiger partial charge in [-0.15, -0.1) is 0 Å². The van der Waals surface area contributed by atoms with Gasteiger partial charge < -0.3 is 19.2 Å². The summed E-state index contributed by atoms with van der Waals surface area (Å²) in [5.41, 5.74) is 0. The number of aromatic nitrogens is 2. The van der Waals surface area contributed by atoms with Crippen LogP contribution in [0.4, 0.5) is 0 Å². The van der Waals surface area contributed by atoms with E-state index in [0.29, 0.717) is 43.6 Å². The average Bonchev–Trinajstić information content (AvgIpc) is 3.26. The van der Waals surface area contributed by atoms with E-state index >= 15 is 0 Å². The van der Waals surface area contributed by atoms with E-state index in [4.69, 9.17) is 4.52 Å². The highest BCUT2D eigenvalue weighted by molar-refractivity contribution is 5.94. The van der Waals surface area contributed by atoms with Gasteiger partial charge in [-0.3, -0.25) is 14.4 Å². The topological polar surface area (TPSA) is 99.9 Å². The molecular weight excluding hydrogens is 350 g/mol. The fraction of sp³-hybridized carbons (Fsp3) is 0.722. The van der Waals surface area contributed by atoms with Crippen molar-refractivity contribution in [1.29, 1.82) is 0 Å². The van der Waals surface area contributed by atoms with E-state index in [2.05, 4.69) is 10.1 Å². The zero-order valence-corrected chi connectivity index (χ0v) is 15.6. The number of amides is 3. The molecule has 3 amide bonds. The Morgan fingerprint density at radius 1 is 1.11 bits per heavy atom. The molecular formula is C18H25N5O4. The van der Waals surface area contributed by atoms with Crippen molar-refractivity contribution < 1.29 is 18.9 Å². The van der Waals surface area contributed by atoms with Gasteiger partial charge in [-0.05, 0) is 32.6 Å². The van der Waals surface area contributed by atoms with Gasteiger partial charge in [0, 0.05) is 32.0 Å². The van der Waals surface area contributed by atoms with Crippen LogP contribution in [-0.2, 0) is 20.9 Å².